The Morgan fingerprint density at radius 2 is 1.85 bits per heavy atom. The monoisotopic (exact) mass is 292 g/mol. The van der Waals surface area contributed by atoms with E-state index in [4.69, 9.17) is 25.8 Å². The van der Waals surface area contributed by atoms with Gasteiger partial charge in [0.05, 0.1) is 19.6 Å². The molecule has 0 fully saturated rings. The van der Waals surface area contributed by atoms with E-state index in [-0.39, 0.29) is 6.79 Å². The Hall–Kier alpha value is -1.71. The molecule has 0 saturated heterocycles. The molecule has 0 unspecified atom stereocenters. The Morgan fingerprint density at radius 1 is 1.05 bits per heavy atom. The Balaban J connectivity index is 1.85. The molecule has 2 aromatic carbocycles. The van der Waals surface area contributed by atoms with Crippen LogP contribution in [-0.2, 0) is 17.2 Å². The number of rotatable bonds is 7. The zero-order chi connectivity index (χ0) is 14.2. The van der Waals surface area contributed by atoms with Crippen molar-refractivity contribution in [2.24, 2.45) is 0 Å². The van der Waals surface area contributed by atoms with E-state index in [0.717, 1.165) is 16.9 Å². The molecule has 0 saturated carbocycles. The lowest BCUT2D eigenvalue weighted by Crippen LogP contribution is -2.04. The summed E-state index contributed by atoms with van der Waals surface area (Å²) in [6.45, 7) is 0.707. The highest BCUT2D eigenvalue weighted by Crippen LogP contribution is 2.25. The van der Waals surface area contributed by atoms with Crippen LogP contribution in [0.4, 0.5) is 0 Å². The molecule has 20 heavy (non-hydrogen) atoms. The van der Waals surface area contributed by atoms with Crippen LogP contribution in [0.3, 0.4) is 0 Å². The van der Waals surface area contributed by atoms with Crippen molar-refractivity contribution in [1.29, 1.82) is 0 Å². The molecule has 0 aliphatic rings. The SMILES string of the molecule is COc1ccc(OCOCc2ccccc2)c(CCl)c1. The Kier molecular flexibility index (Phi) is 5.71. The minimum Gasteiger partial charge on any atom is -0.497 e. The van der Waals surface area contributed by atoms with E-state index >= 15 is 0 Å². The van der Waals surface area contributed by atoms with E-state index in [1.54, 1.807) is 7.11 Å². The van der Waals surface area contributed by atoms with Crippen LogP contribution >= 0.6 is 11.6 Å². The van der Waals surface area contributed by atoms with Gasteiger partial charge in [0.25, 0.3) is 0 Å². The van der Waals surface area contributed by atoms with E-state index in [9.17, 15) is 0 Å². The zero-order valence-corrected chi connectivity index (χ0v) is 12.1. The summed E-state index contributed by atoms with van der Waals surface area (Å²) < 4.78 is 16.2. The predicted molar refractivity (Wildman–Crippen MR) is 79.3 cm³/mol. The van der Waals surface area contributed by atoms with Gasteiger partial charge in [-0.25, -0.2) is 0 Å². The number of methoxy groups -OCH3 is 1. The minimum atomic E-state index is 0.186. The molecule has 0 spiro atoms. The molecule has 106 valence electrons. The third kappa shape index (κ3) is 4.15. The maximum atomic E-state index is 5.89. The fourth-order valence-electron chi connectivity index (χ4n) is 1.77. The summed E-state index contributed by atoms with van der Waals surface area (Å²) in [5, 5.41) is 0. The molecule has 0 heterocycles. The van der Waals surface area contributed by atoms with E-state index in [2.05, 4.69) is 0 Å². The molecule has 0 atom stereocenters. The van der Waals surface area contributed by atoms with Crippen molar-refractivity contribution in [1.82, 2.24) is 0 Å². The first-order chi connectivity index (χ1) is 9.83. The number of hydrogen-bond acceptors (Lipinski definition) is 3. The van der Waals surface area contributed by atoms with Crippen molar-refractivity contribution in [3.8, 4) is 11.5 Å². The Bertz CT molecular complexity index is 529. The van der Waals surface area contributed by atoms with Gasteiger partial charge in [0.2, 0.25) is 0 Å². The molecular weight excluding hydrogens is 276 g/mol. The van der Waals surface area contributed by atoms with E-state index in [0.29, 0.717) is 18.2 Å². The van der Waals surface area contributed by atoms with Gasteiger partial charge in [-0.05, 0) is 23.8 Å². The molecule has 2 aromatic rings. The van der Waals surface area contributed by atoms with Crippen LogP contribution in [0.1, 0.15) is 11.1 Å². The molecule has 4 heteroatoms. The first-order valence-corrected chi connectivity index (χ1v) is 6.84. The second-order valence-corrected chi connectivity index (χ2v) is 4.47. The topological polar surface area (TPSA) is 27.7 Å². The summed E-state index contributed by atoms with van der Waals surface area (Å²) in [5.74, 6) is 1.85. The molecule has 3 nitrogen and oxygen atoms in total. The third-order valence-electron chi connectivity index (χ3n) is 2.82. The molecule has 2 rings (SSSR count). The zero-order valence-electron chi connectivity index (χ0n) is 11.3. The van der Waals surface area contributed by atoms with Crippen LogP contribution in [0.5, 0.6) is 11.5 Å². The fraction of sp³-hybridized carbons (Fsp3) is 0.250. The van der Waals surface area contributed by atoms with Crippen LogP contribution < -0.4 is 9.47 Å². The van der Waals surface area contributed by atoms with Crippen molar-refractivity contribution < 1.29 is 14.2 Å². The summed E-state index contributed by atoms with van der Waals surface area (Å²) in [4.78, 5) is 0. The second kappa shape index (κ2) is 7.78. The van der Waals surface area contributed by atoms with Gasteiger partial charge in [0, 0.05) is 5.56 Å². The minimum absolute atomic E-state index is 0.186. The molecule has 0 amide bonds. The lowest BCUT2D eigenvalue weighted by Gasteiger charge is -2.11. The van der Waals surface area contributed by atoms with Gasteiger partial charge in [-0.3, -0.25) is 0 Å². The predicted octanol–water partition coefficient (Wildman–Crippen LogP) is 3.99. The van der Waals surface area contributed by atoms with Crippen molar-refractivity contribution in [3.05, 3.63) is 59.7 Å². The lowest BCUT2D eigenvalue weighted by molar-refractivity contribution is 0.00461. The van der Waals surface area contributed by atoms with Gasteiger partial charge >= 0.3 is 0 Å². The third-order valence-corrected chi connectivity index (χ3v) is 3.11. The van der Waals surface area contributed by atoms with Crippen molar-refractivity contribution in [2.75, 3.05) is 13.9 Å². The fourth-order valence-corrected chi connectivity index (χ4v) is 1.98. The van der Waals surface area contributed by atoms with Crippen LogP contribution in [0, 0.1) is 0 Å². The highest BCUT2D eigenvalue weighted by Gasteiger charge is 2.05. The molecule has 0 radical (unpaired) electrons. The van der Waals surface area contributed by atoms with Crippen LogP contribution in [0.15, 0.2) is 48.5 Å². The van der Waals surface area contributed by atoms with Crippen LogP contribution in [0.25, 0.3) is 0 Å². The van der Waals surface area contributed by atoms with Crippen molar-refractivity contribution in [3.63, 3.8) is 0 Å². The lowest BCUT2D eigenvalue weighted by atomic mass is 10.2. The summed E-state index contributed by atoms with van der Waals surface area (Å²) in [5.41, 5.74) is 2.00. The second-order valence-electron chi connectivity index (χ2n) is 4.20. The average Bonchev–Trinajstić information content (AvgIpc) is 2.52. The summed E-state index contributed by atoms with van der Waals surface area (Å²) >= 11 is 5.89. The smallest absolute Gasteiger partial charge is 0.189 e. The number of hydrogen-bond donors (Lipinski definition) is 0. The Labute approximate surface area is 124 Å². The maximum absolute atomic E-state index is 5.89. The van der Waals surface area contributed by atoms with Gasteiger partial charge in [0.1, 0.15) is 11.5 Å². The maximum Gasteiger partial charge on any atom is 0.189 e. The molecule has 0 aromatic heterocycles. The van der Waals surface area contributed by atoms with Gasteiger partial charge in [-0.2, -0.15) is 0 Å². The molecule has 0 N–H and O–H groups in total. The molecular formula is C16H17ClO3. The quantitative estimate of drug-likeness (QED) is 0.439. The first kappa shape index (κ1) is 14.7. The van der Waals surface area contributed by atoms with Crippen LogP contribution in [0.2, 0.25) is 0 Å². The van der Waals surface area contributed by atoms with Gasteiger partial charge in [-0.1, -0.05) is 30.3 Å². The highest BCUT2D eigenvalue weighted by molar-refractivity contribution is 6.17. The van der Waals surface area contributed by atoms with Crippen molar-refractivity contribution in [2.45, 2.75) is 12.5 Å². The largest absolute Gasteiger partial charge is 0.497 e. The number of ether oxygens (including phenoxy) is 3. The number of halogens is 1. The molecule has 0 aliphatic carbocycles. The molecule has 0 aliphatic heterocycles. The van der Waals surface area contributed by atoms with Gasteiger partial charge in [0.15, 0.2) is 6.79 Å². The number of benzene rings is 2. The first-order valence-electron chi connectivity index (χ1n) is 6.31. The van der Waals surface area contributed by atoms with Gasteiger partial charge in [-0.15, -0.1) is 11.6 Å². The summed E-state index contributed by atoms with van der Waals surface area (Å²) in [6.07, 6.45) is 0. The van der Waals surface area contributed by atoms with Crippen molar-refractivity contribution >= 4 is 11.6 Å². The summed E-state index contributed by atoms with van der Waals surface area (Å²) in [7, 11) is 1.62. The van der Waals surface area contributed by atoms with E-state index < -0.39 is 0 Å². The van der Waals surface area contributed by atoms with Crippen LogP contribution in [-0.4, -0.2) is 13.9 Å². The van der Waals surface area contributed by atoms with E-state index in [1.807, 2.05) is 48.5 Å². The average molecular weight is 293 g/mol. The molecule has 0 bridgehead atoms. The summed E-state index contributed by atoms with van der Waals surface area (Å²) in [6, 6.07) is 15.5. The standard InChI is InChI=1S/C16H17ClO3/c1-18-15-7-8-16(14(9-15)10-17)20-12-19-11-13-5-3-2-4-6-13/h2-9H,10-12H2,1H3. The Morgan fingerprint density at radius 3 is 2.55 bits per heavy atom. The normalized spacial score (nSPS) is 10.3. The van der Waals surface area contributed by atoms with E-state index in [1.165, 1.54) is 0 Å². The number of alkyl halides is 1. The highest BCUT2D eigenvalue weighted by atomic mass is 35.5. The van der Waals surface area contributed by atoms with Gasteiger partial charge < -0.3 is 14.2 Å².